The molecular weight excluding hydrogens is 478 g/mol. The minimum Gasteiger partial charge on any atom is -0.546 e. The standard InChI is InChI=1S/C19H12ClF4N3O6/c1-26-14(19(22,23)24)7-15(28)27(18(26)31)11-6-13(9(20)5-10(11)21)33-12-3-2-4-25-17(12)32-8-16(29)30/h2-7H,8H2,1H3,(H,29,30)/p-1. The molecule has 14 heteroatoms. The smallest absolute Gasteiger partial charge is 0.431 e. The molecule has 174 valence electrons. The molecule has 0 aliphatic carbocycles. The van der Waals surface area contributed by atoms with Crippen molar-refractivity contribution in [2.45, 2.75) is 6.18 Å². The molecule has 0 unspecified atom stereocenters. The van der Waals surface area contributed by atoms with E-state index in [1.165, 1.54) is 18.3 Å². The van der Waals surface area contributed by atoms with Crippen molar-refractivity contribution in [2.24, 2.45) is 7.05 Å². The number of pyridine rings is 1. The number of carbonyl (C=O) groups is 1. The molecule has 0 saturated heterocycles. The van der Waals surface area contributed by atoms with Gasteiger partial charge in [0.25, 0.3) is 11.4 Å². The number of carboxylic acids is 1. The van der Waals surface area contributed by atoms with Crippen LogP contribution in [0.5, 0.6) is 17.4 Å². The zero-order valence-corrected chi connectivity index (χ0v) is 17.1. The summed E-state index contributed by atoms with van der Waals surface area (Å²) in [6, 6.07) is 4.30. The summed E-state index contributed by atoms with van der Waals surface area (Å²) in [6.07, 6.45) is -3.75. The fraction of sp³-hybridized carbons (Fsp3) is 0.158. The summed E-state index contributed by atoms with van der Waals surface area (Å²) in [5, 5.41) is 10.3. The fourth-order valence-corrected chi connectivity index (χ4v) is 2.88. The van der Waals surface area contributed by atoms with Gasteiger partial charge in [-0.05, 0) is 18.2 Å². The van der Waals surface area contributed by atoms with Crippen molar-refractivity contribution in [3.63, 3.8) is 0 Å². The van der Waals surface area contributed by atoms with Crippen LogP contribution in [0.15, 0.2) is 46.1 Å². The van der Waals surface area contributed by atoms with Crippen LogP contribution in [0.1, 0.15) is 5.69 Å². The first kappa shape index (κ1) is 23.8. The van der Waals surface area contributed by atoms with Gasteiger partial charge in [-0.3, -0.25) is 9.36 Å². The molecule has 0 fully saturated rings. The number of hydrogen-bond donors (Lipinski definition) is 0. The zero-order valence-electron chi connectivity index (χ0n) is 16.4. The first-order valence-corrected chi connectivity index (χ1v) is 9.13. The van der Waals surface area contributed by atoms with E-state index in [1.807, 2.05) is 0 Å². The molecule has 0 bridgehead atoms. The van der Waals surface area contributed by atoms with E-state index < -0.39 is 47.2 Å². The number of alkyl halides is 3. The number of aliphatic carboxylic acids is 1. The Morgan fingerprint density at radius 2 is 1.91 bits per heavy atom. The molecule has 0 aliphatic rings. The Kier molecular flexibility index (Phi) is 6.44. The van der Waals surface area contributed by atoms with Gasteiger partial charge in [-0.1, -0.05) is 11.6 Å². The van der Waals surface area contributed by atoms with Gasteiger partial charge in [0.1, 0.15) is 23.9 Å². The minimum atomic E-state index is -5.00. The second-order valence-electron chi connectivity index (χ2n) is 6.35. The van der Waals surface area contributed by atoms with Crippen LogP contribution < -0.4 is 25.8 Å². The van der Waals surface area contributed by atoms with Gasteiger partial charge < -0.3 is 19.4 Å². The van der Waals surface area contributed by atoms with Crippen LogP contribution in [-0.4, -0.2) is 26.7 Å². The largest absolute Gasteiger partial charge is 0.546 e. The highest BCUT2D eigenvalue weighted by atomic mass is 35.5. The quantitative estimate of drug-likeness (QED) is 0.485. The number of nitrogens with zero attached hydrogens (tertiary/aromatic N) is 3. The fourth-order valence-electron chi connectivity index (χ4n) is 2.70. The van der Waals surface area contributed by atoms with Crippen molar-refractivity contribution in [3.8, 4) is 23.1 Å². The Morgan fingerprint density at radius 1 is 1.21 bits per heavy atom. The second kappa shape index (κ2) is 8.94. The molecule has 0 saturated carbocycles. The summed E-state index contributed by atoms with van der Waals surface area (Å²) in [4.78, 5) is 39.1. The average Bonchev–Trinajstić information content (AvgIpc) is 2.72. The summed E-state index contributed by atoms with van der Waals surface area (Å²) in [5.74, 6) is -3.57. The second-order valence-corrected chi connectivity index (χ2v) is 6.75. The summed E-state index contributed by atoms with van der Waals surface area (Å²) in [5.41, 5.74) is -5.18. The van der Waals surface area contributed by atoms with Gasteiger partial charge in [-0.25, -0.2) is 18.7 Å². The number of hydrogen-bond acceptors (Lipinski definition) is 7. The summed E-state index contributed by atoms with van der Waals surface area (Å²) >= 11 is 5.96. The lowest BCUT2D eigenvalue weighted by molar-refractivity contribution is -0.307. The predicted octanol–water partition coefficient (Wildman–Crippen LogP) is 1.66. The molecule has 33 heavy (non-hydrogen) atoms. The number of halogens is 5. The predicted molar refractivity (Wildman–Crippen MR) is 102 cm³/mol. The van der Waals surface area contributed by atoms with E-state index in [4.69, 9.17) is 21.1 Å². The van der Waals surface area contributed by atoms with Gasteiger partial charge in [-0.2, -0.15) is 13.2 Å². The maximum Gasteiger partial charge on any atom is 0.431 e. The topological polar surface area (TPSA) is 115 Å². The maximum atomic E-state index is 14.6. The summed E-state index contributed by atoms with van der Waals surface area (Å²) in [7, 11) is 0.767. The van der Waals surface area contributed by atoms with E-state index in [0.29, 0.717) is 6.07 Å². The van der Waals surface area contributed by atoms with Gasteiger partial charge in [0.15, 0.2) is 5.75 Å². The highest BCUT2D eigenvalue weighted by Gasteiger charge is 2.35. The maximum absolute atomic E-state index is 14.6. The van der Waals surface area contributed by atoms with E-state index in [9.17, 15) is 37.1 Å². The normalized spacial score (nSPS) is 11.3. The highest BCUT2D eigenvalue weighted by Crippen LogP contribution is 2.36. The van der Waals surface area contributed by atoms with Crippen LogP contribution in [0, 0.1) is 5.82 Å². The highest BCUT2D eigenvalue weighted by molar-refractivity contribution is 6.32. The van der Waals surface area contributed by atoms with Crippen LogP contribution in [0.4, 0.5) is 17.6 Å². The van der Waals surface area contributed by atoms with E-state index >= 15 is 0 Å². The number of aromatic nitrogens is 3. The van der Waals surface area contributed by atoms with Gasteiger partial charge in [0, 0.05) is 25.4 Å². The lowest BCUT2D eigenvalue weighted by Crippen LogP contribution is -2.41. The van der Waals surface area contributed by atoms with Crippen molar-refractivity contribution in [2.75, 3.05) is 6.61 Å². The number of carbonyl (C=O) groups excluding carboxylic acids is 1. The molecule has 0 spiro atoms. The van der Waals surface area contributed by atoms with Crippen LogP contribution in [0.2, 0.25) is 5.02 Å². The van der Waals surface area contributed by atoms with E-state index in [0.717, 1.165) is 13.1 Å². The molecule has 0 radical (unpaired) electrons. The Labute approximate surface area is 186 Å². The van der Waals surface area contributed by atoms with E-state index in [-0.39, 0.29) is 37.6 Å². The average molecular weight is 489 g/mol. The van der Waals surface area contributed by atoms with Crippen molar-refractivity contribution < 1.29 is 36.9 Å². The van der Waals surface area contributed by atoms with Crippen molar-refractivity contribution in [1.82, 2.24) is 14.1 Å². The van der Waals surface area contributed by atoms with Crippen LogP contribution in [-0.2, 0) is 18.0 Å². The third-order valence-corrected chi connectivity index (χ3v) is 4.43. The molecule has 9 nitrogen and oxygen atoms in total. The molecule has 2 aromatic heterocycles. The van der Waals surface area contributed by atoms with Gasteiger partial charge in [0.05, 0.1) is 16.7 Å². The number of carboxylic acid groups (broad SMARTS) is 1. The Bertz CT molecular complexity index is 1350. The molecule has 0 aliphatic heterocycles. The first-order chi connectivity index (χ1) is 15.4. The lowest BCUT2D eigenvalue weighted by Gasteiger charge is -2.16. The first-order valence-electron chi connectivity index (χ1n) is 8.75. The van der Waals surface area contributed by atoms with Crippen molar-refractivity contribution in [3.05, 3.63) is 73.9 Å². The molecule has 2 heterocycles. The Hall–Kier alpha value is -3.87. The van der Waals surface area contributed by atoms with Crippen molar-refractivity contribution in [1.29, 1.82) is 0 Å². The SMILES string of the molecule is Cn1c(C(F)(F)F)cc(=O)n(-c2cc(Oc3cccnc3OCC(=O)[O-])c(Cl)cc2F)c1=O. The molecule has 1 aromatic carbocycles. The molecule has 0 amide bonds. The minimum absolute atomic E-state index is 0.142. The van der Waals surface area contributed by atoms with Gasteiger partial charge in [0.2, 0.25) is 0 Å². The van der Waals surface area contributed by atoms with Crippen LogP contribution >= 0.6 is 11.6 Å². The molecule has 0 atom stereocenters. The van der Waals surface area contributed by atoms with Gasteiger partial charge >= 0.3 is 11.9 Å². The molecule has 0 N–H and O–H groups in total. The monoisotopic (exact) mass is 488 g/mol. The van der Waals surface area contributed by atoms with Crippen molar-refractivity contribution >= 4 is 17.6 Å². The summed E-state index contributed by atoms with van der Waals surface area (Å²) < 4.78 is 64.5. The third kappa shape index (κ3) is 4.98. The Morgan fingerprint density at radius 3 is 2.55 bits per heavy atom. The molecule has 3 aromatic rings. The van der Waals surface area contributed by atoms with E-state index in [2.05, 4.69) is 4.98 Å². The Balaban J connectivity index is 2.12. The summed E-state index contributed by atoms with van der Waals surface area (Å²) in [6.45, 7) is -0.868. The lowest BCUT2D eigenvalue weighted by atomic mass is 10.2. The van der Waals surface area contributed by atoms with Gasteiger partial charge in [-0.15, -0.1) is 0 Å². The number of ether oxygens (including phenoxy) is 2. The van der Waals surface area contributed by atoms with Crippen LogP contribution in [0.25, 0.3) is 5.69 Å². The molecule has 3 rings (SSSR count). The zero-order chi connectivity index (χ0) is 24.5. The molecular formula is C19H11ClF4N3O6-. The number of rotatable bonds is 6. The van der Waals surface area contributed by atoms with Crippen LogP contribution in [0.3, 0.4) is 0 Å². The third-order valence-electron chi connectivity index (χ3n) is 4.14. The van der Waals surface area contributed by atoms with E-state index in [1.54, 1.807) is 0 Å². The number of benzene rings is 1.